The molecule has 2 rings (SSSR count). The highest BCUT2D eigenvalue weighted by Crippen LogP contribution is 2.16. The van der Waals surface area contributed by atoms with Gasteiger partial charge in [0.15, 0.2) is 0 Å². The molecule has 24 heavy (non-hydrogen) atoms. The van der Waals surface area contributed by atoms with E-state index in [0.29, 0.717) is 0 Å². The molecule has 0 saturated heterocycles. The predicted octanol–water partition coefficient (Wildman–Crippen LogP) is 6.77. The van der Waals surface area contributed by atoms with Crippen LogP contribution in [0.25, 0.3) is 6.08 Å². The molecular formula is C23H29F. The Hall–Kier alpha value is -1.89. The molecule has 0 atom stereocenters. The lowest BCUT2D eigenvalue weighted by molar-refractivity contribution is 0.608. The van der Waals surface area contributed by atoms with Crippen molar-refractivity contribution in [3.05, 3.63) is 76.6 Å². The molecule has 0 aliphatic heterocycles. The van der Waals surface area contributed by atoms with Crippen LogP contribution in [0.3, 0.4) is 0 Å². The SMILES string of the molecule is CCCCC=Cc1ccc(CCc2ccc(CCC)cc2)c(F)c1. The van der Waals surface area contributed by atoms with Crippen LogP contribution in [0.5, 0.6) is 0 Å². The van der Waals surface area contributed by atoms with Crippen molar-refractivity contribution >= 4 is 6.08 Å². The normalized spacial score (nSPS) is 11.3. The molecule has 0 aliphatic carbocycles. The molecule has 1 heteroatoms. The minimum atomic E-state index is -0.0877. The van der Waals surface area contributed by atoms with Crippen LogP contribution >= 0.6 is 0 Å². The van der Waals surface area contributed by atoms with Gasteiger partial charge in [0.1, 0.15) is 5.82 Å². The summed E-state index contributed by atoms with van der Waals surface area (Å²) in [4.78, 5) is 0. The Balaban J connectivity index is 1.91. The summed E-state index contributed by atoms with van der Waals surface area (Å²) in [5, 5.41) is 0. The standard InChI is InChI=1S/C23H29F/c1-3-5-6-7-9-21-15-17-22(23(24)18-21)16-14-20-12-10-19(8-4-2)11-13-20/h7,9-13,15,17-18H,3-6,8,14,16H2,1-2H3. The van der Waals surface area contributed by atoms with Gasteiger partial charge in [-0.15, -0.1) is 0 Å². The molecule has 0 heterocycles. The second-order valence-electron chi connectivity index (χ2n) is 6.46. The van der Waals surface area contributed by atoms with E-state index in [1.807, 2.05) is 18.2 Å². The van der Waals surface area contributed by atoms with Crippen molar-refractivity contribution in [1.82, 2.24) is 0 Å². The molecule has 0 spiro atoms. The number of aryl methyl sites for hydroxylation is 3. The van der Waals surface area contributed by atoms with Crippen molar-refractivity contribution in [2.24, 2.45) is 0 Å². The molecule has 0 bridgehead atoms. The van der Waals surface area contributed by atoms with Crippen molar-refractivity contribution < 1.29 is 4.39 Å². The van der Waals surface area contributed by atoms with Crippen molar-refractivity contribution in [2.75, 3.05) is 0 Å². The van der Waals surface area contributed by atoms with E-state index in [1.165, 1.54) is 30.4 Å². The van der Waals surface area contributed by atoms with E-state index in [4.69, 9.17) is 0 Å². The van der Waals surface area contributed by atoms with E-state index in [-0.39, 0.29) is 5.82 Å². The number of rotatable bonds is 9. The number of unbranched alkanes of at least 4 members (excludes halogenated alkanes) is 2. The van der Waals surface area contributed by atoms with Crippen molar-refractivity contribution in [1.29, 1.82) is 0 Å². The van der Waals surface area contributed by atoms with E-state index in [1.54, 1.807) is 6.07 Å². The lowest BCUT2D eigenvalue weighted by Gasteiger charge is -2.06. The van der Waals surface area contributed by atoms with E-state index in [0.717, 1.165) is 36.8 Å². The van der Waals surface area contributed by atoms with E-state index in [9.17, 15) is 4.39 Å². The third kappa shape index (κ3) is 5.96. The number of allylic oxidation sites excluding steroid dienone is 1. The quantitative estimate of drug-likeness (QED) is 0.447. The van der Waals surface area contributed by atoms with Crippen LogP contribution in [-0.4, -0.2) is 0 Å². The molecule has 0 saturated carbocycles. The minimum absolute atomic E-state index is 0.0877. The van der Waals surface area contributed by atoms with Crippen molar-refractivity contribution in [3.63, 3.8) is 0 Å². The number of halogens is 1. The molecule has 0 aliphatic rings. The van der Waals surface area contributed by atoms with Crippen LogP contribution < -0.4 is 0 Å². The zero-order chi connectivity index (χ0) is 17.2. The molecule has 0 radical (unpaired) electrons. The minimum Gasteiger partial charge on any atom is -0.207 e. The van der Waals surface area contributed by atoms with Crippen LogP contribution in [0.15, 0.2) is 48.5 Å². The molecule has 0 amide bonds. The van der Waals surface area contributed by atoms with Gasteiger partial charge in [0, 0.05) is 0 Å². The summed E-state index contributed by atoms with van der Waals surface area (Å²) in [6.07, 6.45) is 11.5. The van der Waals surface area contributed by atoms with Crippen molar-refractivity contribution in [2.45, 2.75) is 58.8 Å². The monoisotopic (exact) mass is 324 g/mol. The summed E-state index contributed by atoms with van der Waals surface area (Å²) in [6, 6.07) is 14.3. The zero-order valence-electron chi connectivity index (χ0n) is 15.0. The highest BCUT2D eigenvalue weighted by molar-refractivity contribution is 5.50. The van der Waals surface area contributed by atoms with Gasteiger partial charge in [0.05, 0.1) is 0 Å². The molecule has 0 aromatic heterocycles. The molecule has 128 valence electrons. The average Bonchev–Trinajstić information content (AvgIpc) is 2.59. The molecule has 0 unspecified atom stereocenters. The lowest BCUT2D eigenvalue weighted by atomic mass is 10.0. The van der Waals surface area contributed by atoms with Crippen molar-refractivity contribution in [3.8, 4) is 0 Å². The third-order valence-corrected chi connectivity index (χ3v) is 4.36. The van der Waals surface area contributed by atoms with Gasteiger partial charge in [-0.1, -0.05) is 81.7 Å². The van der Waals surface area contributed by atoms with Gasteiger partial charge in [0.25, 0.3) is 0 Å². The molecule has 0 N–H and O–H groups in total. The summed E-state index contributed by atoms with van der Waals surface area (Å²) in [5.74, 6) is -0.0877. The molecule has 2 aromatic rings. The molecule has 2 aromatic carbocycles. The second kappa shape index (κ2) is 10.1. The Morgan fingerprint density at radius 2 is 1.54 bits per heavy atom. The summed E-state index contributed by atoms with van der Waals surface area (Å²) in [5.41, 5.74) is 4.42. The molecule has 0 nitrogen and oxygen atoms in total. The lowest BCUT2D eigenvalue weighted by Crippen LogP contribution is -1.96. The largest absolute Gasteiger partial charge is 0.207 e. The van der Waals surface area contributed by atoms with Crippen LogP contribution in [0.1, 0.15) is 61.8 Å². The van der Waals surface area contributed by atoms with Crippen LogP contribution in [-0.2, 0) is 19.3 Å². The molecular weight excluding hydrogens is 295 g/mol. The Morgan fingerprint density at radius 1 is 0.833 bits per heavy atom. The first kappa shape index (κ1) is 18.4. The second-order valence-corrected chi connectivity index (χ2v) is 6.46. The summed E-state index contributed by atoms with van der Waals surface area (Å²) in [6.45, 7) is 4.37. The average molecular weight is 324 g/mol. The first-order valence-electron chi connectivity index (χ1n) is 9.25. The van der Waals surface area contributed by atoms with Gasteiger partial charge in [-0.2, -0.15) is 0 Å². The van der Waals surface area contributed by atoms with Gasteiger partial charge in [-0.25, -0.2) is 4.39 Å². The van der Waals surface area contributed by atoms with E-state index in [2.05, 4.69) is 44.2 Å². The van der Waals surface area contributed by atoms with Crippen LogP contribution in [0.2, 0.25) is 0 Å². The topological polar surface area (TPSA) is 0 Å². The van der Waals surface area contributed by atoms with Crippen LogP contribution in [0.4, 0.5) is 4.39 Å². The Morgan fingerprint density at radius 3 is 2.17 bits per heavy atom. The fraction of sp³-hybridized carbons (Fsp3) is 0.391. The summed E-state index contributed by atoms with van der Waals surface area (Å²) < 4.78 is 14.3. The number of hydrogen-bond donors (Lipinski definition) is 0. The van der Waals surface area contributed by atoms with E-state index >= 15 is 0 Å². The highest BCUT2D eigenvalue weighted by Gasteiger charge is 2.04. The number of hydrogen-bond acceptors (Lipinski definition) is 0. The summed E-state index contributed by atoms with van der Waals surface area (Å²) >= 11 is 0. The van der Waals surface area contributed by atoms with Gasteiger partial charge in [-0.05, 0) is 54.0 Å². The Labute approximate surface area is 146 Å². The summed E-state index contributed by atoms with van der Waals surface area (Å²) in [7, 11) is 0. The van der Waals surface area contributed by atoms with Crippen LogP contribution in [0, 0.1) is 5.82 Å². The van der Waals surface area contributed by atoms with Gasteiger partial charge >= 0.3 is 0 Å². The van der Waals surface area contributed by atoms with E-state index < -0.39 is 0 Å². The maximum absolute atomic E-state index is 14.3. The number of benzene rings is 2. The van der Waals surface area contributed by atoms with Gasteiger partial charge in [-0.3, -0.25) is 0 Å². The first-order chi connectivity index (χ1) is 11.7. The smallest absolute Gasteiger partial charge is 0.127 e. The fourth-order valence-corrected chi connectivity index (χ4v) is 2.85. The van der Waals surface area contributed by atoms with Gasteiger partial charge < -0.3 is 0 Å². The first-order valence-corrected chi connectivity index (χ1v) is 9.25. The Bertz CT molecular complexity index is 638. The fourth-order valence-electron chi connectivity index (χ4n) is 2.85. The maximum atomic E-state index is 14.3. The maximum Gasteiger partial charge on any atom is 0.127 e. The molecule has 0 fully saturated rings. The zero-order valence-corrected chi connectivity index (χ0v) is 15.0. The predicted molar refractivity (Wildman–Crippen MR) is 103 cm³/mol. The highest BCUT2D eigenvalue weighted by atomic mass is 19.1. The Kier molecular flexibility index (Phi) is 7.74. The third-order valence-electron chi connectivity index (χ3n) is 4.36. The van der Waals surface area contributed by atoms with Gasteiger partial charge in [0.2, 0.25) is 0 Å².